The lowest BCUT2D eigenvalue weighted by Gasteiger charge is -2.07. The fraction of sp³-hybridized carbons (Fsp3) is 0.0625. The summed E-state index contributed by atoms with van der Waals surface area (Å²) in [7, 11) is 0. The molecule has 2 aromatic carbocycles. The zero-order chi connectivity index (χ0) is 16.6. The number of hydrogen-bond donors (Lipinski definition) is 1. The van der Waals surface area contributed by atoms with Crippen LogP contribution in [-0.4, -0.2) is 9.55 Å². The highest BCUT2D eigenvalue weighted by Gasteiger charge is 2.29. The Balaban J connectivity index is 1.91. The van der Waals surface area contributed by atoms with E-state index in [0.29, 0.717) is 16.9 Å². The topological polar surface area (TPSA) is 43.8 Å². The van der Waals surface area contributed by atoms with Gasteiger partial charge < -0.3 is 10.3 Å². The number of benzene rings is 2. The number of imidazole rings is 1. The molecule has 0 atom stereocenters. The predicted octanol–water partition coefficient (Wildman–Crippen LogP) is 4.28. The van der Waals surface area contributed by atoms with Crippen LogP contribution in [0.15, 0.2) is 55.0 Å². The van der Waals surface area contributed by atoms with Crippen LogP contribution in [0.3, 0.4) is 0 Å². The molecule has 0 saturated heterocycles. The van der Waals surface area contributed by atoms with E-state index in [2.05, 4.69) is 4.98 Å². The zero-order valence-corrected chi connectivity index (χ0v) is 11.7. The molecule has 23 heavy (non-hydrogen) atoms. The summed E-state index contributed by atoms with van der Waals surface area (Å²) in [5.41, 5.74) is 6.28. The maximum Gasteiger partial charge on any atom is 0.416 e. The molecule has 0 aliphatic heterocycles. The molecule has 118 valence electrons. The molecule has 0 bridgehead atoms. The Bertz CT molecular complexity index is 835. The number of alkyl halides is 3. The van der Waals surface area contributed by atoms with Crippen molar-refractivity contribution in [3.63, 3.8) is 0 Å². The van der Waals surface area contributed by atoms with Crippen molar-refractivity contribution in [3.8, 4) is 16.9 Å². The number of nitrogen functional groups attached to an aromatic ring is 1. The molecule has 0 saturated carbocycles. The van der Waals surface area contributed by atoms with Crippen molar-refractivity contribution in [1.82, 2.24) is 9.55 Å². The molecule has 0 spiro atoms. The van der Waals surface area contributed by atoms with Gasteiger partial charge in [-0.3, -0.25) is 0 Å². The van der Waals surface area contributed by atoms with Crippen LogP contribution in [-0.2, 0) is 6.18 Å². The van der Waals surface area contributed by atoms with Crippen molar-refractivity contribution in [2.75, 3.05) is 5.73 Å². The van der Waals surface area contributed by atoms with E-state index in [9.17, 15) is 17.6 Å². The van der Waals surface area contributed by atoms with Crippen LogP contribution in [0.5, 0.6) is 0 Å². The van der Waals surface area contributed by atoms with E-state index < -0.39 is 17.6 Å². The van der Waals surface area contributed by atoms with Gasteiger partial charge in [0.15, 0.2) is 0 Å². The van der Waals surface area contributed by atoms with Gasteiger partial charge in [0.25, 0.3) is 0 Å². The van der Waals surface area contributed by atoms with Crippen LogP contribution in [0.25, 0.3) is 16.9 Å². The van der Waals surface area contributed by atoms with E-state index in [-0.39, 0.29) is 5.69 Å². The minimum absolute atomic E-state index is 0.0379. The van der Waals surface area contributed by atoms with Crippen LogP contribution < -0.4 is 5.73 Å². The number of anilines is 1. The summed E-state index contributed by atoms with van der Waals surface area (Å²) in [6.45, 7) is 0. The fourth-order valence-corrected chi connectivity index (χ4v) is 2.12. The van der Waals surface area contributed by atoms with Crippen molar-refractivity contribution in [2.45, 2.75) is 6.18 Å². The second kappa shape index (κ2) is 5.42. The first kappa shape index (κ1) is 15.1. The zero-order valence-electron chi connectivity index (χ0n) is 11.7. The number of hydrogen-bond acceptors (Lipinski definition) is 2. The molecule has 0 fully saturated rings. The monoisotopic (exact) mass is 321 g/mol. The van der Waals surface area contributed by atoms with E-state index in [1.54, 1.807) is 16.8 Å². The van der Waals surface area contributed by atoms with Gasteiger partial charge in [-0.1, -0.05) is 6.07 Å². The Morgan fingerprint density at radius 2 is 1.70 bits per heavy atom. The minimum atomic E-state index is -4.37. The smallest absolute Gasteiger partial charge is 0.396 e. The molecule has 1 heterocycles. The summed E-state index contributed by atoms with van der Waals surface area (Å²) in [4.78, 5) is 4.14. The van der Waals surface area contributed by atoms with Gasteiger partial charge in [0.1, 0.15) is 5.82 Å². The fourth-order valence-electron chi connectivity index (χ4n) is 2.12. The van der Waals surface area contributed by atoms with Gasteiger partial charge in [0.2, 0.25) is 0 Å². The van der Waals surface area contributed by atoms with Crippen molar-refractivity contribution >= 4 is 5.69 Å². The highest BCUT2D eigenvalue weighted by molar-refractivity contribution is 5.62. The Kier molecular flexibility index (Phi) is 3.55. The third-order valence-corrected chi connectivity index (χ3v) is 3.37. The summed E-state index contributed by atoms with van der Waals surface area (Å²) in [6.07, 6.45) is -1.32. The van der Waals surface area contributed by atoms with Crippen molar-refractivity contribution < 1.29 is 17.6 Å². The number of halogens is 4. The SMILES string of the molecule is Nc1ccc(-c2cn(-c3ccc(C(F)(F)F)cc3)cn2)cc1F. The average molecular weight is 321 g/mol. The first-order valence-electron chi connectivity index (χ1n) is 6.61. The second-order valence-electron chi connectivity index (χ2n) is 4.95. The quantitative estimate of drug-likeness (QED) is 0.565. The minimum Gasteiger partial charge on any atom is -0.396 e. The van der Waals surface area contributed by atoms with Crippen LogP contribution in [0.1, 0.15) is 5.56 Å². The number of nitrogens with zero attached hydrogens (tertiary/aromatic N) is 2. The lowest BCUT2D eigenvalue weighted by molar-refractivity contribution is -0.137. The molecule has 0 aliphatic carbocycles. The Morgan fingerprint density at radius 3 is 2.30 bits per heavy atom. The molecule has 0 aliphatic rings. The molecule has 3 aromatic rings. The largest absolute Gasteiger partial charge is 0.416 e. The van der Waals surface area contributed by atoms with Gasteiger partial charge in [0.05, 0.1) is 23.3 Å². The summed E-state index contributed by atoms with van der Waals surface area (Å²) >= 11 is 0. The number of nitrogens with two attached hydrogens (primary N) is 1. The lowest BCUT2D eigenvalue weighted by Crippen LogP contribution is -2.04. The Morgan fingerprint density at radius 1 is 1.00 bits per heavy atom. The maximum atomic E-state index is 13.5. The van der Waals surface area contributed by atoms with Crippen LogP contribution >= 0.6 is 0 Å². The summed E-state index contributed by atoms with van der Waals surface area (Å²) in [6, 6.07) is 9.00. The Hall–Kier alpha value is -2.83. The molecule has 0 unspecified atom stereocenters. The highest BCUT2D eigenvalue weighted by Crippen LogP contribution is 2.30. The van der Waals surface area contributed by atoms with E-state index in [1.165, 1.54) is 30.6 Å². The van der Waals surface area contributed by atoms with E-state index in [0.717, 1.165) is 12.1 Å². The third-order valence-electron chi connectivity index (χ3n) is 3.37. The van der Waals surface area contributed by atoms with Gasteiger partial charge in [0, 0.05) is 17.4 Å². The molecule has 1 aromatic heterocycles. The number of rotatable bonds is 2. The van der Waals surface area contributed by atoms with E-state index >= 15 is 0 Å². The molecular formula is C16H11F4N3. The van der Waals surface area contributed by atoms with Crippen LogP contribution in [0.4, 0.5) is 23.2 Å². The molecule has 7 heteroatoms. The van der Waals surface area contributed by atoms with Gasteiger partial charge in [-0.25, -0.2) is 9.37 Å². The summed E-state index contributed by atoms with van der Waals surface area (Å²) in [5.74, 6) is -0.549. The second-order valence-corrected chi connectivity index (χ2v) is 4.95. The molecule has 0 radical (unpaired) electrons. The average Bonchev–Trinajstić information content (AvgIpc) is 2.99. The van der Waals surface area contributed by atoms with Crippen molar-refractivity contribution in [3.05, 3.63) is 66.4 Å². The molecule has 2 N–H and O–H groups in total. The van der Waals surface area contributed by atoms with Crippen molar-refractivity contribution in [2.24, 2.45) is 0 Å². The van der Waals surface area contributed by atoms with Gasteiger partial charge >= 0.3 is 6.18 Å². The number of aromatic nitrogens is 2. The van der Waals surface area contributed by atoms with Crippen LogP contribution in [0, 0.1) is 5.82 Å². The van der Waals surface area contributed by atoms with Crippen molar-refractivity contribution in [1.29, 1.82) is 0 Å². The molecule has 3 nitrogen and oxygen atoms in total. The van der Waals surface area contributed by atoms with Crippen LogP contribution in [0.2, 0.25) is 0 Å². The maximum absolute atomic E-state index is 13.5. The van der Waals surface area contributed by atoms with Gasteiger partial charge in [-0.15, -0.1) is 0 Å². The molecule has 3 rings (SSSR count). The highest BCUT2D eigenvalue weighted by atomic mass is 19.4. The normalized spacial score (nSPS) is 11.7. The molecule has 0 amide bonds. The lowest BCUT2D eigenvalue weighted by atomic mass is 10.1. The van der Waals surface area contributed by atoms with E-state index in [1.807, 2.05) is 0 Å². The van der Waals surface area contributed by atoms with Gasteiger partial charge in [-0.05, 0) is 36.4 Å². The Labute approximate surface area is 129 Å². The molecular weight excluding hydrogens is 310 g/mol. The first-order valence-corrected chi connectivity index (χ1v) is 6.61. The van der Waals surface area contributed by atoms with Gasteiger partial charge in [-0.2, -0.15) is 13.2 Å². The third kappa shape index (κ3) is 3.03. The predicted molar refractivity (Wildman–Crippen MR) is 78.4 cm³/mol. The van der Waals surface area contributed by atoms with E-state index in [4.69, 9.17) is 5.73 Å². The summed E-state index contributed by atoms with van der Waals surface area (Å²) in [5, 5.41) is 0. The summed E-state index contributed by atoms with van der Waals surface area (Å²) < 4.78 is 52.7. The standard InChI is InChI=1S/C16H11F4N3/c17-13-7-10(1-6-14(13)21)15-8-23(9-22-15)12-4-2-11(3-5-12)16(18,19)20/h1-9H,21H2. The first-order chi connectivity index (χ1) is 10.8.